The van der Waals surface area contributed by atoms with Crippen LogP contribution in [0.4, 0.5) is 4.79 Å². The molecule has 1 amide bonds. The summed E-state index contributed by atoms with van der Waals surface area (Å²) in [5.74, 6) is 1.02. The number of nitrogens with zero attached hydrogens (tertiary/aromatic N) is 5. The van der Waals surface area contributed by atoms with Crippen LogP contribution in [0.15, 0.2) is 18.3 Å². The first kappa shape index (κ1) is 18.9. The predicted molar refractivity (Wildman–Crippen MR) is 104 cm³/mol. The molecule has 0 spiro atoms. The van der Waals surface area contributed by atoms with Gasteiger partial charge in [0.05, 0.1) is 17.1 Å². The van der Waals surface area contributed by atoms with Crippen LogP contribution in [0.1, 0.15) is 32.2 Å². The highest BCUT2D eigenvalue weighted by Crippen LogP contribution is 2.45. The van der Waals surface area contributed by atoms with Gasteiger partial charge >= 0.3 is 6.09 Å². The number of rotatable bonds is 4. The van der Waals surface area contributed by atoms with Crippen LogP contribution >= 0.6 is 0 Å². The van der Waals surface area contributed by atoms with Crippen molar-refractivity contribution in [3.8, 4) is 11.3 Å². The second-order valence-corrected chi connectivity index (χ2v) is 8.83. The number of aromatic nitrogens is 4. The number of piperidine rings is 1. The van der Waals surface area contributed by atoms with Gasteiger partial charge in [-0.05, 0) is 51.7 Å². The number of amides is 1. The molecule has 150 valence electrons. The lowest BCUT2D eigenvalue weighted by Crippen LogP contribution is -2.39. The van der Waals surface area contributed by atoms with Crippen LogP contribution in [0.2, 0.25) is 0 Å². The number of hydrogen-bond acceptors (Lipinski definition) is 6. The van der Waals surface area contributed by atoms with Gasteiger partial charge in [0.15, 0.2) is 0 Å². The second kappa shape index (κ2) is 6.84. The van der Waals surface area contributed by atoms with Crippen LogP contribution in [-0.4, -0.2) is 55.7 Å². The Morgan fingerprint density at radius 3 is 2.50 bits per heavy atom. The molecule has 1 saturated carbocycles. The fraction of sp³-hybridized carbons (Fsp3) is 0.600. The van der Waals surface area contributed by atoms with E-state index in [-0.39, 0.29) is 6.09 Å². The summed E-state index contributed by atoms with van der Waals surface area (Å²) in [5, 5.41) is 16.6. The van der Waals surface area contributed by atoms with Gasteiger partial charge in [-0.15, -0.1) is 0 Å². The standard InChI is InChI=1S/C20H28N6O2/c1-12-14(9-25(5)24-12)17-7-6-13(22-23-17)8-21-18-15-10-26(11-16(15)18)19(27)28-20(2,3)4/h6-7,9,15-16,18,21H,8,10-11H2,1-5H3/t15-,16+,18+. The molecule has 1 saturated heterocycles. The molecule has 0 unspecified atom stereocenters. The summed E-state index contributed by atoms with van der Waals surface area (Å²) in [7, 11) is 1.90. The molecule has 2 aromatic rings. The van der Waals surface area contributed by atoms with Gasteiger partial charge < -0.3 is 15.0 Å². The highest BCUT2D eigenvalue weighted by Gasteiger charge is 2.56. The van der Waals surface area contributed by atoms with Gasteiger partial charge in [-0.3, -0.25) is 4.68 Å². The van der Waals surface area contributed by atoms with Crippen LogP contribution in [0, 0.1) is 18.8 Å². The van der Waals surface area contributed by atoms with Crippen LogP contribution in [0.3, 0.4) is 0 Å². The molecule has 1 N–H and O–H groups in total. The molecule has 1 aliphatic carbocycles. The van der Waals surface area contributed by atoms with Crippen LogP contribution in [-0.2, 0) is 18.3 Å². The van der Waals surface area contributed by atoms with Crippen molar-refractivity contribution in [2.75, 3.05) is 13.1 Å². The number of likely N-dealkylation sites (tertiary alicyclic amines) is 1. The second-order valence-electron chi connectivity index (χ2n) is 8.83. The highest BCUT2D eigenvalue weighted by atomic mass is 16.6. The lowest BCUT2D eigenvalue weighted by atomic mass is 10.2. The zero-order valence-corrected chi connectivity index (χ0v) is 17.1. The van der Waals surface area contributed by atoms with E-state index >= 15 is 0 Å². The summed E-state index contributed by atoms with van der Waals surface area (Å²) >= 11 is 0. The Labute approximate surface area is 165 Å². The molecule has 0 aromatic carbocycles. The fourth-order valence-corrected chi connectivity index (χ4v) is 3.98. The SMILES string of the molecule is Cc1nn(C)cc1-c1ccc(CN[C@H]2[C@@H]3CN(C(=O)OC(C)(C)C)C[C@@H]32)nn1. The van der Waals surface area contributed by atoms with E-state index in [0.29, 0.717) is 24.4 Å². The first-order valence-electron chi connectivity index (χ1n) is 9.76. The third-order valence-electron chi connectivity index (χ3n) is 5.37. The molecule has 8 nitrogen and oxygen atoms in total. The third kappa shape index (κ3) is 3.87. The number of fused-ring (bicyclic) bond motifs is 1. The highest BCUT2D eigenvalue weighted by molar-refractivity contribution is 5.69. The number of carbonyl (C=O) groups is 1. The summed E-state index contributed by atoms with van der Waals surface area (Å²) in [6.45, 7) is 9.88. The van der Waals surface area contributed by atoms with Crippen molar-refractivity contribution >= 4 is 6.09 Å². The minimum Gasteiger partial charge on any atom is -0.444 e. The molecular formula is C20H28N6O2. The molecule has 2 aliphatic rings. The Morgan fingerprint density at radius 1 is 1.25 bits per heavy atom. The van der Waals surface area contributed by atoms with Crippen molar-refractivity contribution in [3.05, 3.63) is 29.7 Å². The van der Waals surface area contributed by atoms with Crippen LogP contribution in [0.5, 0.6) is 0 Å². The van der Waals surface area contributed by atoms with E-state index in [1.54, 1.807) is 4.68 Å². The van der Waals surface area contributed by atoms with Crippen molar-refractivity contribution in [3.63, 3.8) is 0 Å². The van der Waals surface area contributed by atoms with E-state index in [1.807, 2.05) is 58.0 Å². The molecule has 1 aliphatic heterocycles. The zero-order valence-electron chi connectivity index (χ0n) is 17.1. The van der Waals surface area contributed by atoms with E-state index in [1.165, 1.54) is 0 Å². The Bertz CT molecular complexity index is 858. The fourth-order valence-electron chi connectivity index (χ4n) is 3.98. The number of nitrogens with one attached hydrogen (secondary N) is 1. The van der Waals surface area contributed by atoms with Gasteiger partial charge in [-0.1, -0.05) is 0 Å². The first-order chi connectivity index (χ1) is 13.2. The minimum absolute atomic E-state index is 0.203. The number of hydrogen-bond donors (Lipinski definition) is 1. The summed E-state index contributed by atoms with van der Waals surface area (Å²) in [6, 6.07) is 4.44. The minimum atomic E-state index is -0.444. The summed E-state index contributed by atoms with van der Waals surface area (Å²) < 4.78 is 7.24. The maximum Gasteiger partial charge on any atom is 0.410 e. The molecule has 2 aromatic heterocycles. The van der Waals surface area contributed by atoms with Gasteiger partial charge in [0, 0.05) is 44.5 Å². The van der Waals surface area contributed by atoms with E-state index < -0.39 is 5.60 Å². The maximum atomic E-state index is 12.1. The molecule has 3 atom stereocenters. The number of aryl methyl sites for hydroxylation is 2. The van der Waals surface area contributed by atoms with Crippen molar-refractivity contribution in [1.29, 1.82) is 0 Å². The van der Waals surface area contributed by atoms with Crippen LogP contribution < -0.4 is 5.32 Å². The van der Waals surface area contributed by atoms with Crippen molar-refractivity contribution < 1.29 is 9.53 Å². The molecule has 2 fully saturated rings. The van der Waals surface area contributed by atoms with Gasteiger partial charge in [0.1, 0.15) is 5.60 Å². The quantitative estimate of drug-likeness (QED) is 0.869. The van der Waals surface area contributed by atoms with Crippen molar-refractivity contribution in [2.24, 2.45) is 18.9 Å². The summed E-state index contributed by atoms with van der Waals surface area (Å²) in [4.78, 5) is 14.0. The van der Waals surface area contributed by atoms with Gasteiger partial charge in [-0.25, -0.2) is 4.79 Å². The number of carbonyl (C=O) groups excluding carboxylic acids is 1. The summed E-state index contributed by atoms with van der Waals surface area (Å²) in [6.07, 6.45) is 1.75. The predicted octanol–water partition coefficient (Wildman–Crippen LogP) is 2.14. The Kier molecular flexibility index (Phi) is 4.61. The van der Waals surface area contributed by atoms with E-state index in [9.17, 15) is 4.79 Å². The zero-order chi connectivity index (χ0) is 20.1. The molecule has 3 heterocycles. The average Bonchev–Trinajstić information content (AvgIpc) is 2.91. The van der Waals surface area contributed by atoms with E-state index in [2.05, 4.69) is 20.6 Å². The Morgan fingerprint density at radius 2 is 1.96 bits per heavy atom. The largest absolute Gasteiger partial charge is 0.444 e. The molecule has 0 bridgehead atoms. The monoisotopic (exact) mass is 384 g/mol. The normalized spacial score (nSPS) is 23.6. The van der Waals surface area contributed by atoms with Gasteiger partial charge in [0.25, 0.3) is 0 Å². The topological polar surface area (TPSA) is 85.2 Å². The lowest BCUT2D eigenvalue weighted by Gasteiger charge is -2.26. The molecular weight excluding hydrogens is 356 g/mol. The Hall–Kier alpha value is -2.48. The lowest BCUT2D eigenvalue weighted by molar-refractivity contribution is 0.0269. The molecule has 4 rings (SSSR count). The van der Waals surface area contributed by atoms with E-state index in [0.717, 1.165) is 35.7 Å². The molecule has 8 heteroatoms. The Balaban J connectivity index is 1.26. The van der Waals surface area contributed by atoms with Gasteiger partial charge in [-0.2, -0.15) is 15.3 Å². The number of ether oxygens (including phenoxy) is 1. The first-order valence-corrected chi connectivity index (χ1v) is 9.76. The van der Waals surface area contributed by atoms with Crippen LogP contribution in [0.25, 0.3) is 11.3 Å². The smallest absolute Gasteiger partial charge is 0.410 e. The van der Waals surface area contributed by atoms with Crippen molar-refractivity contribution in [1.82, 2.24) is 30.2 Å². The summed E-state index contributed by atoms with van der Waals surface area (Å²) in [5.41, 5.74) is 3.27. The molecule has 0 radical (unpaired) electrons. The van der Waals surface area contributed by atoms with Gasteiger partial charge in [0.2, 0.25) is 0 Å². The maximum absolute atomic E-state index is 12.1. The van der Waals surface area contributed by atoms with E-state index in [4.69, 9.17) is 4.74 Å². The average molecular weight is 384 g/mol. The third-order valence-corrected chi connectivity index (χ3v) is 5.37. The molecule has 28 heavy (non-hydrogen) atoms. The van der Waals surface area contributed by atoms with Crippen molar-refractivity contribution in [2.45, 2.75) is 45.9 Å².